The summed E-state index contributed by atoms with van der Waals surface area (Å²) in [6.45, 7) is 2.83. The summed E-state index contributed by atoms with van der Waals surface area (Å²) in [5, 5.41) is 13.2. The van der Waals surface area contributed by atoms with Gasteiger partial charge in [0.05, 0.1) is 18.2 Å². The van der Waals surface area contributed by atoms with Crippen LogP contribution in [0.4, 0.5) is 5.69 Å². The minimum Gasteiger partial charge on any atom is -0.378 e. The Hall–Kier alpha value is -1.38. The second-order valence-electron chi connectivity index (χ2n) is 3.73. The molecule has 1 N–H and O–H groups in total. The van der Waals surface area contributed by atoms with E-state index >= 15 is 0 Å². The van der Waals surface area contributed by atoms with E-state index in [2.05, 4.69) is 39.2 Å². The molecule has 1 heterocycles. The minimum absolute atomic E-state index is 0.648. The average Bonchev–Trinajstić information content (AvgIpc) is 2.85. The van der Waals surface area contributed by atoms with E-state index in [-0.39, 0.29) is 0 Å². The molecule has 0 fully saturated rings. The quantitative estimate of drug-likeness (QED) is 0.927. The van der Waals surface area contributed by atoms with Crippen LogP contribution in [0.15, 0.2) is 28.9 Å². The van der Waals surface area contributed by atoms with Crippen molar-refractivity contribution in [1.29, 1.82) is 5.26 Å². The number of thiazole rings is 1. The van der Waals surface area contributed by atoms with E-state index < -0.39 is 0 Å². The van der Waals surface area contributed by atoms with Gasteiger partial charge >= 0.3 is 0 Å². The zero-order valence-corrected chi connectivity index (χ0v) is 12.3. The Bertz CT molecular complexity index is 586. The van der Waals surface area contributed by atoms with Gasteiger partial charge in [-0.05, 0) is 40.5 Å². The van der Waals surface area contributed by atoms with E-state index in [4.69, 9.17) is 5.26 Å². The normalized spacial score (nSPS) is 10.1. The third kappa shape index (κ3) is 3.09. The molecule has 5 heteroatoms. The first-order chi connectivity index (χ1) is 8.72. The Balaban J connectivity index is 2.04. The molecule has 2 rings (SSSR count). The number of halogens is 1. The van der Waals surface area contributed by atoms with Crippen LogP contribution in [0, 0.1) is 11.3 Å². The van der Waals surface area contributed by atoms with Gasteiger partial charge < -0.3 is 5.32 Å². The molecule has 92 valence electrons. The van der Waals surface area contributed by atoms with Gasteiger partial charge in [-0.3, -0.25) is 0 Å². The standard InChI is InChI=1S/C13H12BrN3S/c1-2-10-7-17-13(18-10)8-16-12-4-3-9(6-15)5-11(12)14/h3-5,7,16H,2,8H2,1H3. The summed E-state index contributed by atoms with van der Waals surface area (Å²) in [6, 6.07) is 7.62. The molecule has 0 spiro atoms. The van der Waals surface area contributed by atoms with E-state index in [0.29, 0.717) is 12.1 Å². The molecular weight excluding hydrogens is 310 g/mol. The molecule has 2 aromatic rings. The predicted molar refractivity (Wildman–Crippen MR) is 77.7 cm³/mol. The van der Waals surface area contributed by atoms with Crippen LogP contribution >= 0.6 is 27.3 Å². The maximum atomic E-state index is 8.79. The number of nitrogens with zero attached hydrogens (tertiary/aromatic N) is 2. The van der Waals surface area contributed by atoms with Crippen LogP contribution in [0.5, 0.6) is 0 Å². The largest absolute Gasteiger partial charge is 0.378 e. The molecule has 0 aliphatic heterocycles. The minimum atomic E-state index is 0.648. The van der Waals surface area contributed by atoms with Crippen LogP contribution in [0.1, 0.15) is 22.4 Å². The molecule has 0 aliphatic carbocycles. The van der Waals surface area contributed by atoms with Gasteiger partial charge in [0, 0.05) is 21.2 Å². The van der Waals surface area contributed by atoms with E-state index in [9.17, 15) is 0 Å². The molecule has 0 atom stereocenters. The molecule has 0 radical (unpaired) electrons. The Kier molecular flexibility index (Phi) is 4.34. The first-order valence-electron chi connectivity index (χ1n) is 5.60. The van der Waals surface area contributed by atoms with E-state index in [1.54, 1.807) is 17.4 Å². The lowest BCUT2D eigenvalue weighted by Crippen LogP contribution is -1.99. The number of nitrogens with one attached hydrogen (secondary N) is 1. The summed E-state index contributed by atoms with van der Waals surface area (Å²) in [5.41, 5.74) is 1.62. The van der Waals surface area contributed by atoms with Gasteiger partial charge in [-0.2, -0.15) is 5.26 Å². The number of aromatic nitrogens is 1. The lowest BCUT2D eigenvalue weighted by molar-refractivity contribution is 1.09. The summed E-state index contributed by atoms with van der Waals surface area (Å²) >= 11 is 5.17. The molecule has 0 unspecified atom stereocenters. The Morgan fingerprint density at radius 2 is 2.33 bits per heavy atom. The van der Waals surface area contributed by atoms with Crippen LogP contribution in [0.2, 0.25) is 0 Å². The van der Waals surface area contributed by atoms with Crippen LogP contribution in [-0.2, 0) is 13.0 Å². The summed E-state index contributed by atoms with van der Waals surface area (Å²) in [7, 11) is 0. The summed E-state index contributed by atoms with van der Waals surface area (Å²) < 4.78 is 0.897. The van der Waals surface area contributed by atoms with Gasteiger partial charge in [-0.25, -0.2) is 4.98 Å². The van der Waals surface area contributed by atoms with Crippen molar-refractivity contribution in [3.8, 4) is 6.07 Å². The Morgan fingerprint density at radius 3 is 2.94 bits per heavy atom. The van der Waals surface area contributed by atoms with Gasteiger partial charge in [0.25, 0.3) is 0 Å². The van der Waals surface area contributed by atoms with Crippen LogP contribution in [0.25, 0.3) is 0 Å². The topological polar surface area (TPSA) is 48.7 Å². The number of aryl methyl sites for hydroxylation is 1. The highest BCUT2D eigenvalue weighted by Gasteiger charge is 2.03. The summed E-state index contributed by atoms with van der Waals surface area (Å²) in [6.07, 6.45) is 2.95. The van der Waals surface area contributed by atoms with Crippen molar-refractivity contribution in [2.24, 2.45) is 0 Å². The van der Waals surface area contributed by atoms with Crippen molar-refractivity contribution < 1.29 is 0 Å². The first kappa shape index (κ1) is 13.1. The van der Waals surface area contributed by atoms with Crippen molar-refractivity contribution in [2.75, 3.05) is 5.32 Å². The van der Waals surface area contributed by atoms with E-state index in [0.717, 1.165) is 21.6 Å². The van der Waals surface area contributed by atoms with Gasteiger partial charge in [0.15, 0.2) is 0 Å². The lowest BCUT2D eigenvalue weighted by Gasteiger charge is -2.06. The highest BCUT2D eigenvalue weighted by molar-refractivity contribution is 9.10. The van der Waals surface area contributed by atoms with Gasteiger partial charge in [-0.1, -0.05) is 6.92 Å². The van der Waals surface area contributed by atoms with Crippen molar-refractivity contribution in [3.05, 3.63) is 44.3 Å². The highest BCUT2D eigenvalue weighted by Crippen LogP contribution is 2.24. The average molecular weight is 322 g/mol. The SMILES string of the molecule is CCc1cnc(CNc2ccc(C#N)cc2Br)s1. The molecule has 0 saturated heterocycles. The highest BCUT2D eigenvalue weighted by atomic mass is 79.9. The second kappa shape index (κ2) is 5.98. The van der Waals surface area contributed by atoms with E-state index in [1.165, 1.54) is 4.88 Å². The molecule has 0 bridgehead atoms. The monoisotopic (exact) mass is 321 g/mol. The molecule has 1 aromatic carbocycles. The first-order valence-corrected chi connectivity index (χ1v) is 7.21. The third-order valence-corrected chi connectivity index (χ3v) is 4.28. The smallest absolute Gasteiger partial charge is 0.112 e. The molecular formula is C13H12BrN3S. The molecule has 1 aromatic heterocycles. The van der Waals surface area contributed by atoms with Gasteiger partial charge in [0.1, 0.15) is 5.01 Å². The third-order valence-electron chi connectivity index (χ3n) is 2.48. The molecule has 0 saturated carbocycles. The van der Waals surface area contributed by atoms with Crippen molar-refractivity contribution in [1.82, 2.24) is 4.98 Å². The number of hydrogen-bond donors (Lipinski definition) is 1. The maximum absolute atomic E-state index is 8.79. The predicted octanol–water partition coefficient (Wildman–Crippen LogP) is 3.95. The Labute approximate surface area is 119 Å². The fraction of sp³-hybridized carbons (Fsp3) is 0.231. The van der Waals surface area contributed by atoms with Crippen LogP contribution < -0.4 is 5.32 Å². The Morgan fingerprint density at radius 1 is 1.50 bits per heavy atom. The van der Waals surface area contributed by atoms with Crippen molar-refractivity contribution in [2.45, 2.75) is 19.9 Å². The fourth-order valence-electron chi connectivity index (χ4n) is 1.49. The number of rotatable bonds is 4. The number of anilines is 1. The van der Waals surface area contributed by atoms with Gasteiger partial charge in [0.2, 0.25) is 0 Å². The lowest BCUT2D eigenvalue weighted by atomic mass is 10.2. The van der Waals surface area contributed by atoms with Crippen LogP contribution in [-0.4, -0.2) is 4.98 Å². The molecule has 3 nitrogen and oxygen atoms in total. The second-order valence-corrected chi connectivity index (χ2v) is 5.79. The fourth-order valence-corrected chi connectivity index (χ4v) is 2.81. The number of hydrogen-bond acceptors (Lipinski definition) is 4. The summed E-state index contributed by atoms with van der Waals surface area (Å²) in [5.74, 6) is 0. The summed E-state index contributed by atoms with van der Waals surface area (Å²) in [4.78, 5) is 5.65. The molecule has 0 amide bonds. The van der Waals surface area contributed by atoms with Gasteiger partial charge in [-0.15, -0.1) is 11.3 Å². The maximum Gasteiger partial charge on any atom is 0.112 e. The van der Waals surface area contributed by atoms with Crippen molar-refractivity contribution >= 4 is 33.0 Å². The van der Waals surface area contributed by atoms with Crippen molar-refractivity contribution in [3.63, 3.8) is 0 Å². The van der Waals surface area contributed by atoms with Crippen LogP contribution in [0.3, 0.4) is 0 Å². The van der Waals surface area contributed by atoms with E-state index in [1.807, 2.05) is 18.3 Å². The number of nitriles is 1. The zero-order chi connectivity index (χ0) is 13.0. The molecule has 18 heavy (non-hydrogen) atoms. The zero-order valence-electron chi connectivity index (χ0n) is 9.90. The number of benzene rings is 1. The molecule has 0 aliphatic rings.